The molecule has 2 aliphatic rings. The van der Waals surface area contributed by atoms with Gasteiger partial charge in [0.25, 0.3) is 5.91 Å². The molecule has 13 heteroatoms. The van der Waals surface area contributed by atoms with E-state index in [2.05, 4.69) is 32.6 Å². The van der Waals surface area contributed by atoms with Crippen LogP contribution in [0.15, 0.2) is 48.9 Å². The Morgan fingerprint density at radius 2 is 2.03 bits per heavy atom. The number of hydrogen-bond donors (Lipinski definition) is 2. The first-order valence-corrected chi connectivity index (χ1v) is 12.9. The zero-order valence-corrected chi connectivity index (χ0v) is 22.4. The molecule has 2 aliphatic heterocycles. The van der Waals surface area contributed by atoms with Crippen molar-refractivity contribution < 1.29 is 23.8 Å². The number of hydrogen-bond acceptors (Lipinski definition) is 9. The van der Waals surface area contributed by atoms with Gasteiger partial charge in [0.15, 0.2) is 0 Å². The zero-order valence-electron chi connectivity index (χ0n) is 21.7. The fraction of sp³-hybridized carbons (Fsp3) is 0.423. The fourth-order valence-electron chi connectivity index (χ4n) is 4.47. The maximum Gasteiger partial charge on any atom is 0.253 e. The lowest BCUT2D eigenvalue weighted by atomic mass is 9.83. The average Bonchev–Trinajstić information content (AvgIpc) is 3.56. The van der Waals surface area contributed by atoms with E-state index in [0.717, 1.165) is 5.75 Å². The molecule has 2 fully saturated rings. The summed E-state index contributed by atoms with van der Waals surface area (Å²) in [6, 6.07) is 8.87. The molecule has 2 aromatic heterocycles. The van der Waals surface area contributed by atoms with Crippen molar-refractivity contribution in [2.45, 2.75) is 32.1 Å². The Bertz CT molecular complexity index is 1310. The molecule has 39 heavy (non-hydrogen) atoms. The second-order valence-electron chi connectivity index (χ2n) is 9.98. The summed E-state index contributed by atoms with van der Waals surface area (Å²) in [5.74, 6) is 1.25. The van der Waals surface area contributed by atoms with Crippen LogP contribution in [0.5, 0.6) is 11.6 Å². The summed E-state index contributed by atoms with van der Waals surface area (Å²) < 4.78 is 18.8. The third-order valence-corrected chi connectivity index (χ3v) is 6.74. The molecule has 0 aliphatic carbocycles. The maximum absolute atomic E-state index is 12.7. The SMILES string of the molecule is CNc1nccc(O[C@@H]2CO[C@@H](C(=O)Nc3cnn(CC(=O)N4CC(C)(COc5ccc(Cl)cc5)C4)c3)C2)n1. The van der Waals surface area contributed by atoms with Crippen LogP contribution in [0.25, 0.3) is 0 Å². The van der Waals surface area contributed by atoms with Crippen molar-refractivity contribution in [3.05, 3.63) is 53.9 Å². The third-order valence-electron chi connectivity index (χ3n) is 6.49. The van der Waals surface area contributed by atoms with Gasteiger partial charge in [0.1, 0.15) is 24.5 Å². The van der Waals surface area contributed by atoms with E-state index in [9.17, 15) is 9.59 Å². The number of ether oxygens (including phenoxy) is 3. The first-order chi connectivity index (χ1) is 18.8. The maximum atomic E-state index is 12.7. The second-order valence-corrected chi connectivity index (χ2v) is 10.4. The van der Waals surface area contributed by atoms with Gasteiger partial charge < -0.3 is 29.7 Å². The van der Waals surface area contributed by atoms with Gasteiger partial charge in [0, 0.05) is 55.5 Å². The van der Waals surface area contributed by atoms with Crippen molar-refractivity contribution in [3.63, 3.8) is 0 Å². The van der Waals surface area contributed by atoms with Crippen LogP contribution in [0, 0.1) is 5.41 Å². The van der Waals surface area contributed by atoms with Crippen molar-refractivity contribution >= 4 is 35.1 Å². The van der Waals surface area contributed by atoms with Crippen molar-refractivity contribution in [2.75, 3.05) is 44.0 Å². The molecule has 3 aromatic rings. The summed E-state index contributed by atoms with van der Waals surface area (Å²) in [6.45, 7) is 4.12. The lowest BCUT2D eigenvalue weighted by Crippen LogP contribution is -2.60. The Hall–Kier alpha value is -3.90. The number of amides is 2. The number of anilines is 2. The van der Waals surface area contributed by atoms with Crippen LogP contribution in [-0.4, -0.2) is 82.0 Å². The minimum absolute atomic E-state index is 0.0507. The van der Waals surface area contributed by atoms with Gasteiger partial charge in [0.05, 0.1) is 25.1 Å². The Kier molecular flexibility index (Phi) is 7.84. The number of nitrogens with zero attached hydrogens (tertiary/aromatic N) is 5. The molecule has 2 N–H and O–H groups in total. The molecule has 0 bridgehead atoms. The Morgan fingerprint density at radius 1 is 1.23 bits per heavy atom. The summed E-state index contributed by atoms with van der Waals surface area (Å²) >= 11 is 5.91. The number of carbonyl (C=O) groups is 2. The standard InChI is InChI=1S/C26H30ClN7O5/c1-26(16-38-19-5-3-17(27)4-6-19)14-33(15-26)23(35)12-34-11-18(10-30-34)31-24(36)21-9-20(13-37-21)39-22-7-8-29-25(28-2)32-22/h3-8,10-11,20-21H,9,12-16H2,1-2H3,(H,31,36)(H,28,29,32)/t20-,21+/m0/s1. The number of benzene rings is 1. The fourth-order valence-corrected chi connectivity index (χ4v) is 4.60. The van der Waals surface area contributed by atoms with Crippen LogP contribution in [-0.2, 0) is 20.9 Å². The van der Waals surface area contributed by atoms with E-state index in [-0.39, 0.29) is 36.5 Å². The van der Waals surface area contributed by atoms with Gasteiger partial charge in [-0.1, -0.05) is 18.5 Å². The van der Waals surface area contributed by atoms with E-state index in [1.807, 2.05) is 12.1 Å². The van der Waals surface area contributed by atoms with Crippen LogP contribution < -0.4 is 20.1 Å². The van der Waals surface area contributed by atoms with Crippen molar-refractivity contribution in [2.24, 2.45) is 5.41 Å². The topological polar surface area (TPSA) is 133 Å². The smallest absolute Gasteiger partial charge is 0.253 e. The van der Waals surface area contributed by atoms with Crippen molar-refractivity contribution in [3.8, 4) is 11.6 Å². The predicted molar refractivity (Wildman–Crippen MR) is 143 cm³/mol. The third kappa shape index (κ3) is 6.76. The Balaban J connectivity index is 1.04. The van der Waals surface area contributed by atoms with E-state index in [1.54, 1.807) is 42.5 Å². The first-order valence-electron chi connectivity index (χ1n) is 12.6. The highest BCUT2D eigenvalue weighted by atomic mass is 35.5. The molecule has 12 nitrogen and oxygen atoms in total. The Morgan fingerprint density at radius 3 is 2.79 bits per heavy atom. The number of halogens is 1. The second kappa shape index (κ2) is 11.5. The molecule has 0 radical (unpaired) electrons. The summed E-state index contributed by atoms with van der Waals surface area (Å²) in [6.07, 6.45) is 4.14. The number of likely N-dealkylation sites (tertiary alicyclic amines) is 1. The lowest BCUT2D eigenvalue weighted by molar-refractivity contribution is -0.145. The zero-order chi connectivity index (χ0) is 27.4. The molecule has 0 unspecified atom stereocenters. The molecule has 0 saturated carbocycles. The monoisotopic (exact) mass is 555 g/mol. The molecule has 0 spiro atoms. The number of aromatic nitrogens is 4. The van der Waals surface area contributed by atoms with Gasteiger partial charge in [0.2, 0.25) is 17.7 Å². The number of nitrogens with one attached hydrogen (secondary N) is 2. The van der Waals surface area contributed by atoms with Crippen LogP contribution in [0.1, 0.15) is 13.3 Å². The van der Waals surface area contributed by atoms with E-state index in [4.69, 9.17) is 25.8 Å². The minimum Gasteiger partial charge on any atom is -0.493 e. The highest BCUT2D eigenvalue weighted by Crippen LogP contribution is 2.31. The molecular formula is C26H30ClN7O5. The first kappa shape index (κ1) is 26.7. The highest BCUT2D eigenvalue weighted by molar-refractivity contribution is 6.30. The summed E-state index contributed by atoms with van der Waals surface area (Å²) in [7, 11) is 1.72. The lowest BCUT2D eigenvalue weighted by Gasteiger charge is -2.47. The van der Waals surface area contributed by atoms with Gasteiger partial charge in [-0.2, -0.15) is 10.1 Å². The summed E-state index contributed by atoms with van der Waals surface area (Å²) in [5.41, 5.74) is 0.365. The molecule has 2 atom stereocenters. The summed E-state index contributed by atoms with van der Waals surface area (Å²) in [4.78, 5) is 35.5. The molecule has 5 rings (SSSR count). The number of carbonyl (C=O) groups excluding carboxylic acids is 2. The normalized spacial score (nSPS) is 19.7. The minimum atomic E-state index is -0.667. The molecule has 4 heterocycles. The molecule has 1 aromatic carbocycles. The van der Waals surface area contributed by atoms with Crippen molar-refractivity contribution in [1.29, 1.82) is 0 Å². The molecule has 2 saturated heterocycles. The van der Waals surface area contributed by atoms with E-state index in [0.29, 0.717) is 48.7 Å². The quantitative estimate of drug-likeness (QED) is 0.387. The average molecular weight is 556 g/mol. The van der Waals surface area contributed by atoms with Crippen LogP contribution in [0.4, 0.5) is 11.6 Å². The van der Waals surface area contributed by atoms with Crippen LogP contribution in [0.2, 0.25) is 5.02 Å². The van der Waals surface area contributed by atoms with Gasteiger partial charge in [-0.05, 0) is 24.3 Å². The van der Waals surface area contributed by atoms with E-state index >= 15 is 0 Å². The van der Waals surface area contributed by atoms with Gasteiger partial charge in [-0.3, -0.25) is 14.3 Å². The van der Waals surface area contributed by atoms with Crippen LogP contribution in [0.3, 0.4) is 0 Å². The van der Waals surface area contributed by atoms with Gasteiger partial charge >= 0.3 is 0 Å². The summed E-state index contributed by atoms with van der Waals surface area (Å²) in [5, 5.41) is 10.5. The largest absolute Gasteiger partial charge is 0.493 e. The molecular weight excluding hydrogens is 526 g/mol. The van der Waals surface area contributed by atoms with Crippen molar-refractivity contribution in [1.82, 2.24) is 24.6 Å². The highest BCUT2D eigenvalue weighted by Gasteiger charge is 2.42. The van der Waals surface area contributed by atoms with Crippen LogP contribution >= 0.6 is 11.6 Å². The van der Waals surface area contributed by atoms with E-state index in [1.165, 1.54) is 10.9 Å². The molecule has 206 valence electrons. The van der Waals surface area contributed by atoms with Gasteiger partial charge in [-0.25, -0.2) is 4.98 Å². The molecule has 2 amide bonds. The van der Waals surface area contributed by atoms with E-state index < -0.39 is 6.10 Å². The number of rotatable bonds is 10. The predicted octanol–water partition coefficient (Wildman–Crippen LogP) is 2.47. The Labute approximate surface area is 230 Å². The van der Waals surface area contributed by atoms with Gasteiger partial charge in [-0.15, -0.1) is 0 Å².